The van der Waals surface area contributed by atoms with Gasteiger partial charge in [0.15, 0.2) is 0 Å². The van der Waals surface area contributed by atoms with Crippen LogP contribution in [0.5, 0.6) is 0 Å². The van der Waals surface area contributed by atoms with E-state index in [1.54, 1.807) is 25.7 Å². The zero-order chi connectivity index (χ0) is 12.7. The third-order valence-electron chi connectivity index (χ3n) is 6.97. The second-order valence-electron chi connectivity index (χ2n) is 7.90. The minimum Gasteiger partial charge on any atom is -0.0848 e. The van der Waals surface area contributed by atoms with Gasteiger partial charge >= 0.3 is 0 Å². The summed E-state index contributed by atoms with van der Waals surface area (Å²) >= 11 is 0. The van der Waals surface area contributed by atoms with Crippen molar-refractivity contribution in [3.63, 3.8) is 0 Å². The summed E-state index contributed by atoms with van der Waals surface area (Å²) in [6.07, 6.45) is 22.1. The summed E-state index contributed by atoms with van der Waals surface area (Å²) in [6, 6.07) is 0. The van der Waals surface area contributed by atoms with Crippen molar-refractivity contribution in [1.29, 1.82) is 0 Å². The van der Waals surface area contributed by atoms with Gasteiger partial charge in [-0.3, -0.25) is 0 Å². The summed E-state index contributed by atoms with van der Waals surface area (Å²) in [6.45, 7) is 0. The Hall–Kier alpha value is -0.260. The van der Waals surface area contributed by atoms with Gasteiger partial charge < -0.3 is 0 Å². The molecule has 0 saturated heterocycles. The van der Waals surface area contributed by atoms with Gasteiger partial charge in [0.25, 0.3) is 0 Å². The Labute approximate surface area is 119 Å². The molecule has 4 rings (SSSR count). The maximum Gasteiger partial charge on any atom is -0.0194 e. The minimum atomic E-state index is 0.986. The Morgan fingerprint density at radius 3 is 1.37 bits per heavy atom. The van der Waals surface area contributed by atoms with E-state index in [2.05, 4.69) is 12.2 Å². The molecule has 0 radical (unpaired) electrons. The molecule has 2 bridgehead atoms. The lowest BCUT2D eigenvalue weighted by molar-refractivity contribution is 0.0979. The highest BCUT2D eigenvalue weighted by Crippen LogP contribution is 2.57. The van der Waals surface area contributed by atoms with Gasteiger partial charge in [-0.05, 0) is 41.9 Å². The molecule has 3 saturated carbocycles. The lowest BCUT2D eigenvalue weighted by Crippen LogP contribution is -2.34. The van der Waals surface area contributed by atoms with Gasteiger partial charge in [-0.2, -0.15) is 0 Å². The lowest BCUT2D eigenvalue weighted by Gasteiger charge is -2.42. The zero-order valence-corrected chi connectivity index (χ0v) is 12.4. The fourth-order valence-electron chi connectivity index (χ4n) is 6.26. The number of allylic oxidation sites excluding steroid dienone is 2. The molecule has 0 heteroatoms. The molecule has 3 fully saturated rings. The Balaban J connectivity index is 1.54. The van der Waals surface area contributed by atoms with Gasteiger partial charge in [0, 0.05) is 0 Å². The molecule has 4 atom stereocenters. The van der Waals surface area contributed by atoms with Crippen LogP contribution in [0.1, 0.15) is 70.6 Å². The molecule has 0 spiro atoms. The summed E-state index contributed by atoms with van der Waals surface area (Å²) in [5.41, 5.74) is 0. The Kier molecular flexibility index (Phi) is 3.46. The molecule has 0 aliphatic heterocycles. The van der Waals surface area contributed by atoms with E-state index in [9.17, 15) is 0 Å². The first kappa shape index (κ1) is 12.5. The molecule has 0 aromatic carbocycles. The lowest BCUT2D eigenvalue weighted by atomic mass is 9.63. The molecule has 0 amide bonds. The standard InChI is InChI=1S/C19H30/c1-3-7-14(8-4-1)18-16-11-12-17(13-16)19(18)15-9-5-2-6-10-15/h11-12,14-19H,1-10,13H2. The second-order valence-corrected chi connectivity index (χ2v) is 7.90. The third-order valence-corrected chi connectivity index (χ3v) is 6.97. The molecule has 4 aliphatic rings. The first-order valence-corrected chi connectivity index (χ1v) is 9.12. The van der Waals surface area contributed by atoms with Crippen LogP contribution < -0.4 is 0 Å². The number of rotatable bonds is 2. The highest BCUT2D eigenvalue weighted by molar-refractivity contribution is 5.15. The summed E-state index contributed by atoms with van der Waals surface area (Å²) < 4.78 is 0. The van der Waals surface area contributed by atoms with E-state index in [4.69, 9.17) is 0 Å². The Morgan fingerprint density at radius 2 is 0.947 bits per heavy atom. The average Bonchev–Trinajstić information content (AvgIpc) is 3.10. The highest BCUT2D eigenvalue weighted by atomic mass is 14.5. The van der Waals surface area contributed by atoms with Crippen molar-refractivity contribution in [3.05, 3.63) is 12.2 Å². The van der Waals surface area contributed by atoms with Crippen LogP contribution in [0.2, 0.25) is 0 Å². The van der Waals surface area contributed by atoms with Crippen molar-refractivity contribution >= 4 is 0 Å². The van der Waals surface area contributed by atoms with Crippen LogP contribution in [0.4, 0.5) is 0 Å². The number of fused-ring (bicyclic) bond motifs is 2. The van der Waals surface area contributed by atoms with Crippen molar-refractivity contribution < 1.29 is 0 Å². The Bertz CT molecular complexity index is 298. The summed E-state index contributed by atoms with van der Waals surface area (Å²) in [5, 5.41) is 0. The maximum atomic E-state index is 2.61. The zero-order valence-electron chi connectivity index (χ0n) is 12.4. The number of hydrogen-bond acceptors (Lipinski definition) is 0. The van der Waals surface area contributed by atoms with Crippen LogP contribution in [-0.2, 0) is 0 Å². The predicted octanol–water partition coefficient (Wildman–Crippen LogP) is 5.59. The topological polar surface area (TPSA) is 0 Å². The maximum absolute atomic E-state index is 2.61. The van der Waals surface area contributed by atoms with Gasteiger partial charge in [0.1, 0.15) is 0 Å². The largest absolute Gasteiger partial charge is 0.0848 e. The van der Waals surface area contributed by atoms with Gasteiger partial charge in [-0.15, -0.1) is 0 Å². The fourth-order valence-corrected chi connectivity index (χ4v) is 6.26. The molecule has 0 nitrogen and oxygen atoms in total. The molecule has 19 heavy (non-hydrogen) atoms. The smallest absolute Gasteiger partial charge is 0.0194 e. The summed E-state index contributed by atoms with van der Waals surface area (Å²) in [7, 11) is 0. The SMILES string of the molecule is C1=CC2CC1C(C1CCCCC1)C2C1CCCCC1. The molecule has 4 unspecified atom stereocenters. The van der Waals surface area contributed by atoms with Gasteiger partial charge in [-0.1, -0.05) is 76.4 Å². The Morgan fingerprint density at radius 1 is 0.526 bits per heavy atom. The van der Waals surface area contributed by atoms with Crippen molar-refractivity contribution in [3.8, 4) is 0 Å². The molecule has 0 heterocycles. The van der Waals surface area contributed by atoms with Gasteiger partial charge in [0.05, 0.1) is 0 Å². The van der Waals surface area contributed by atoms with Crippen LogP contribution >= 0.6 is 0 Å². The van der Waals surface area contributed by atoms with Gasteiger partial charge in [0.2, 0.25) is 0 Å². The van der Waals surface area contributed by atoms with Crippen molar-refractivity contribution in [2.75, 3.05) is 0 Å². The minimum absolute atomic E-state index is 0.986. The average molecular weight is 258 g/mol. The first-order valence-electron chi connectivity index (χ1n) is 9.12. The van der Waals surface area contributed by atoms with E-state index in [0.717, 1.165) is 35.5 Å². The van der Waals surface area contributed by atoms with E-state index in [-0.39, 0.29) is 0 Å². The van der Waals surface area contributed by atoms with Crippen LogP contribution in [0.3, 0.4) is 0 Å². The first-order chi connectivity index (χ1) is 9.43. The summed E-state index contributed by atoms with van der Waals surface area (Å²) in [5.74, 6) is 6.36. The fraction of sp³-hybridized carbons (Fsp3) is 0.895. The van der Waals surface area contributed by atoms with Gasteiger partial charge in [-0.25, -0.2) is 0 Å². The van der Waals surface area contributed by atoms with Crippen molar-refractivity contribution in [2.45, 2.75) is 70.6 Å². The second kappa shape index (κ2) is 5.26. The summed E-state index contributed by atoms with van der Waals surface area (Å²) in [4.78, 5) is 0. The number of hydrogen-bond donors (Lipinski definition) is 0. The van der Waals surface area contributed by atoms with E-state index >= 15 is 0 Å². The molecular weight excluding hydrogens is 228 g/mol. The van der Waals surface area contributed by atoms with Crippen LogP contribution in [0, 0.1) is 35.5 Å². The molecule has 4 aliphatic carbocycles. The van der Waals surface area contributed by atoms with Crippen LogP contribution in [0.15, 0.2) is 12.2 Å². The highest BCUT2D eigenvalue weighted by Gasteiger charge is 2.50. The molecule has 0 N–H and O–H groups in total. The van der Waals surface area contributed by atoms with Crippen LogP contribution in [0.25, 0.3) is 0 Å². The van der Waals surface area contributed by atoms with Crippen molar-refractivity contribution in [1.82, 2.24) is 0 Å². The van der Waals surface area contributed by atoms with E-state index in [0.29, 0.717) is 0 Å². The van der Waals surface area contributed by atoms with E-state index in [1.807, 2.05) is 0 Å². The van der Waals surface area contributed by atoms with E-state index < -0.39 is 0 Å². The molecule has 0 aromatic heterocycles. The molecular formula is C19H30. The molecule has 0 aromatic rings. The van der Waals surface area contributed by atoms with Crippen LogP contribution in [-0.4, -0.2) is 0 Å². The van der Waals surface area contributed by atoms with E-state index in [1.165, 1.54) is 44.9 Å². The third kappa shape index (κ3) is 2.20. The van der Waals surface area contributed by atoms with Crippen molar-refractivity contribution in [2.24, 2.45) is 35.5 Å². The monoisotopic (exact) mass is 258 g/mol. The normalized spacial score (nSPS) is 44.0. The quantitative estimate of drug-likeness (QED) is 0.567. The predicted molar refractivity (Wildman–Crippen MR) is 80.9 cm³/mol. The molecule has 106 valence electrons.